The van der Waals surface area contributed by atoms with E-state index >= 15 is 0 Å². The highest BCUT2D eigenvalue weighted by Gasteiger charge is 2.30. The van der Waals surface area contributed by atoms with Gasteiger partial charge in [-0.3, -0.25) is 9.78 Å². The first kappa shape index (κ1) is 16.0. The SMILES string of the molecule is O=C(CCc1ccccn1)COc1cccc(C(F)(F)F)c1. The number of ether oxygens (including phenoxy) is 1. The van der Waals surface area contributed by atoms with Crippen molar-refractivity contribution in [1.29, 1.82) is 0 Å². The molecule has 0 N–H and O–H groups in total. The van der Waals surface area contributed by atoms with Crippen LogP contribution in [0.5, 0.6) is 5.75 Å². The van der Waals surface area contributed by atoms with Crippen LogP contribution in [-0.2, 0) is 17.4 Å². The standard InChI is InChI=1S/C16H14F3NO2/c17-16(18,19)12-4-3-6-15(10-12)22-11-14(21)8-7-13-5-1-2-9-20-13/h1-6,9-10H,7-8,11H2. The van der Waals surface area contributed by atoms with Gasteiger partial charge in [0.2, 0.25) is 0 Å². The van der Waals surface area contributed by atoms with Gasteiger partial charge >= 0.3 is 6.18 Å². The molecule has 1 aromatic heterocycles. The fourth-order valence-electron chi connectivity index (χ4n) is 1.81. The molecule has 0 radical (unpaired) electrons. The number of halogens is 3. The average Bonchev–Trinajstić information content (AvgIpc) is 2.51. The summed E-state index contributed by atoms with van der Waals surface area (Å²) in [4.78, 5) is 15.8. The van der Waals surface area contributed by atoms with E-state index in [1.807, 2.05) is 6.07 Å². The summed E-state index contributed by atoms with van der Waals surface area (Å²) in [5.41, 5.74) is -0.0131. The molecule has 0 saturated heterocycles. The van der Waals surface area contributed by atoms with Gasteiger partial charge in [0.15, 0.2) is 5.78 Å². The van der Waals surface area contributed by atoms with Crippen molar-refractivity contribution in [2.75, 3.05) is 6.61 Å². The molecule has 0 unspecified atom stereocenters. The number of pyridine rings is 1. The van der Waals surface area contributed by atoms with Crippen LogP contribution in [0.3, 0.4) is 0 Å². The van der Waals surface area contributed by atoms with Crippen LogP contribution >= 0.6 is 0 Å². The summed E-state index contributed by atoms with van der Waals surface area (Å²) in [7, 11) is 0. The minimum Gasteiger partial charge on any atom is -0.486 e. The number of aromatic nitrogens is 1. The Morgan fingerprint density at radius 1 is 1.14 bits per heavy atom. The van der Waals surface area contributed by atoms with Crippen molar-refractivity contribution in [1.82, 2.24) is 4.98 Å². The van der Waals surface area contributed by atoms with Gasteiger partial charge in [-0.25, -0.2) is 0 Å². The minimum absolute atomic E-state index is 0.0287. The summed E-state index contributed by atoms with van der Waals surface area (Å²) in [5.74, 6) is -0.163. The number of carbonyl (C=O) groups is 1. The number of benzene rings is 1. The van der Waals surface area contributed by atoms with Crippen molar-refractivity contribution in [3.8, 4) is 5.75 Å². The molecule has 0 aliphatic carbocycles. The third kappa shape index (κ3) is 4.87. The van der Waals surface area contributed by atoms with Crippen LogP contribution in [0.15, 0.2) is 48.7 Å². The second kappa shape index (κ2) is 7.06. The summed E-state index contributed by atoms with van der Waals surface area (Å²) < 4.78 is 42.8. The minimum atomic E-state index is -4.43. The van der Waals surface area contributed by atoms with Crippen LogP contribution < -0.4 is 4.74 Å². The lowest BCUT2D eigenvalue weighted by Crippen LogP contribution is -2.13. The molecule has 3 nitrogen and oxygen atoms in total. The van der Waals surface area contributed by atoms with Crippen LogP contribution in [0.2, 0.25) is 0 Å². The number of hydrogen-bond acceptors (Lipinski definition) is 3. The van der Waals surface area contributed by atoms with Crippen molar-refractivity contribution in [2.24, 2.45) is 0 Å². The maximum absolute atomic E-state index is 12.5. The molecule has 0 saturated carbocycles. The molecule has 2 aromatic rings. The lowest BCUT2D eigenvalue weighted by Gasteiger charge is -2.09. The van der Waals surface area contributed by atoms with Crippen molar-refractivity contribution >= 4 is 5.78 Å². The van der Waals surface area contributed by atoms with Crippen LogP contribution in [-0.4, -0.2) is 17.4 Å². The average molecular weight is 309 g/mol. The van der Waals surface area contributed by atoms with Gasteiger partial charge in [-0.2, -0.15) is 13.2 Å². The number of Topliss-reactive ketones (excluding diaryl/α,β-unsaturated/α-hetero) is 1. The summed E-state index contributed by atoms with van der Waals surface area (Å²) in [6, 6.07) is 9.88. The number of nitrogens with zero attached hydrogens (tertiary/aromatic N) is 1. The summed E-state index contributed by atoms with van der Waals surface area (Å²) >= 11 is 0. The fraction of sp³-hybridized carbons (Fsp3) is 0.250. The predicted molar refractivity (Wildman–Crippen MR) is 74.5 cm³/mol. The molecule has 116 valence electrons. The van der Waals surface area contributed by atoms with Gasteiger partial charge in [-0.15, -0.1) is 0 Å². The van der Waals surface area contributed by atoms with E-state index in [-0.39, 0.29) is 24.6 Å². The third-order valence-electron chi connectivity index (χ3n) is 2.95. The van der Waals surface area contributed by atoms with Crippen molar-refractivity contribution < 1.29 is 22.7 Å². The van der Waals surface area contributed by atoms with Gasteiger partial charge in [0, 0.05) is 18.3 Å². The van der Waals surface area contributed by atoms with Crippen molar-refractivity contribution in [2.45, 2.75) is 19.0 Å². The number of rotatable bonds is 6. The largest absolute Gasteiger partial charge is 0.486 e. The maximum atomic E-state index is 12.5. The molecule has 0 amide bonds. The number of carbonyl (C=O) groups excluding carboxylic acids is 1. The highest BCUT2D eigenvalue weighted by atomic mass is 19.4. The summed E-state index contributed by atoms with van der Waals surface area (Å²) in [6.45, 7) is -0.256. The number of aryl methyl sites for hydroxylation is 1. The van der Waals surface area contributed by atoms with Crippen LogP contribution in [0.25, 0.3) is 0 Å². The predicted octanol–water partition coefficient (Wildman–Crippen LogP) is 3.68. The highest BCUT2D eigenvalue weighted by molar-refractivity contribution is 5.80. The smallest absolute Gasteiger partial charge is 0.416 e. The molecule has 0 fully saturated rings. The monoisotopic (exact) mass is 309 g/mol. The Kier molecular flexibility index (Phi) is 5.14. The topological polar surface area (TPSA) is 39.2 Å². The molecule has 2 rings (SSSR count). The lowest BCUT2D eigenvalue weighted by molar-refractivity contribution is -0.137. The first-order valence-electron chi connectivity index (χ1n) is 6.67. The van der Waals surface area contributed by atoms with Crippen LogP contribution in [0.1, 0.15) is 17.7 Å². The molecule has 6 heteroatoms. The molecule has 0 aliphatic heterocycles. The fourth-order valence-corrected chi connectivity index (χ4v) is 1.81. The van der Waals surface area contributed by atoms with E-state index in [0.29, 0.717) is 6.42 Å². The van der Waals surface area contributed by atoms with E-state index in [0.717, 1.165) is 17.8 Å². The molecule has 1 aromatic carbocycles. The Labute approximate surface area is 125 Å². The Balaban J connectivity index is 1.84. The van der Waals surface area contributed by atoms with Gasteiger partial charge < -0.3 is 4.74 Å². The van der Waals surface area contributed by atoms with E-state index in [1.165, 1.54) is 12.1 Å². The van der Waals surface area contributed by atoms with Crippen molar-refractivity contribution in [3.63, 3.8) is 0 Å². The van der Waals surface area contributed by atoms with Gasteiger partial charge in [0.25, 0.3) is 0 Å². The van der Waals surface area contributed by atoms with Gasteiger partial charge in [0.1, 0.15) is 12.4 Å². The second-order valence-electron chi connectivity index (χ2n) is 4.67. The Morgan fingerprint density at radius 3 is 2.64 bits per heavy atom. The van der Waals surface area contributed by atoms with E-state index in [2.05, 4.69) is 4.98 Å². The molecule has 22 heavy (non-hydrogen) atoms. The summed E-state index contributed by atoms with van der Waals surface area (Å²) in [6.07, 6.45) is -2.08. The third-order valence-corrected chi connectivity index (χ3v) is 2.95. The number of ketones is 1. The van der Waals surface area contributed by atoms with E-state index in [1.54, 1.807) is 18.3 Å². The van der Waals surface area contributed by atoms with Crippen LogP contribution in [0.4, 0.5) is 13.2 Å². The number of alkyl halides is 3. The Morgan fingerprint density at radius 2 is 1.95 bits per heavy atom. The first-order valence-corrected chi connectivity index (χ1v) is 6.67. The highest BCUT2D eigenvalue weighted by Crippen LogP contribution is 2.31. The first-order chi connectivity index (χ1) is 10.4. The molecular weight excluding hydrogens is 295 g/mol. The van der Waals surface area contributed by atoms with Gasteiger partial charge in [0.05, 0.1) is 5.56 Å². The zero-order valence-electron chi connectivity index (χ0n) is 11.6. The summed E-state index contributed by atoms with van der Waals surface area (Å²) in [5, 5.41) is 0. The molecule has 0 atom stereocenters. The Hall–Kier alpha value is -2.37. The van der Waals surface area contributed by atoms with Gasteiger partial charge in [-0.1, -0.05) is 12.1 Å². The molecular formula is C16H14F3NO2. The van der Waals surface area contributed by atoms with Gasteiger partial charge in [-0.05, 0) is 36.8 Å². The lowest BCUT2D eigenvalue weighted by atomic mass is 10.1. The molecule has 0 aliphatic rings. The van der Waals surface area contributed by atoms with Crippen LogP contribution in [0, 0.1) is 0 Å². The maximum Gasteiger partial charge on any atom is 0.416 e. The zero-order chi connectivity index (χ0) is 16.0. The number of hydrogen-bond donors (Lipinski definition) is 0. The van der Waals surface area contributed by atoms with E-state index in [9.17, 15) is 18.0 Å². The van der Waals surface area contributed by atoms with E-state index < -0.39 is 11.7 Å². The van der Waals surface area contributed by atoms with Crippen molar-refractivity contribution in [3.05, 3.63) is 59.9 Å². The Bertz CT molecular complexity index is 627. The quantitative estimate of drug-likeness (QED) is 0.817. The zero-order valence-corrected chi connectivity index (χ0v) is 11.6. The molecule has 1 heterocycles. The van der Waals surface area contributed by atoms with E-state index in [4.69, 9.17) is 4.74 Å². The second-order valence-corrected chi connectivity index (χ2v) is 4.67. The normalized spacial score (nSPS) is 11.2. The molecule has 0 spiro atoms. The molecule has 0 bridgehead atoms.